The van der Waals surface area contributed by atoms with Crippen molar-refractivity contribution >= 4 is 5.78 Å². The Hall–Kier alpha value is -0.850. The van der Waals surface area contributed by atoms with Crippen LogP contribution in [0.25, 0.3) is 0 Å². The van der Waals surface area contributed by atoms with Crippen molar-refractivity contribution in [1.82, 2.24) is 0 Å². The summed E-state index contributed by atoms with van der Waals surface area (Å²) in [7, 11) is 0. The first kappa shape index (κ1) is 9.24. The van der Waals surface area contributed by atoms with Gasteiger partial charge in [-0.2, -0.15) is 0 Å². The molecule has 1 atom stereocenters. The molecular formula is C11H16O. The fourth-order valence-electron chi connectivity index (χ4n) is 1.50. The minimum absolute atomic E-state index is 0.319. The second-order valence-corrected chi connectivity index (χ2v) is 3.25. The van der Waals surface area contributed by atoms with Gasteiger partial charge in [0.25, 0.3) is 0 Å². The Balaban J connectivity index is 2.57. The second kappa shape index (κ2) is 4.24. The van der Waals surface area contributed by atoms with Crippen LogP contribution in [0.2, 0.25) is 0 Å². The highest BCUT2D eigenvalue weighted by Crippen LogP contribution is 2.22. The highest BCUT2D eigenvalue weighted by Gasteiger charge is 2.18. The van der Waals surface area contributed by atoms with E-state index in [0.29, 0.717) is 11.7 Å². The van der Waals surface area contributed by atoms with Crippen LogP contribution >= 0.6 is 0 Å². The van der Waals surface area contributed by atoms with Gasteiger partial charge in [0.05, 0.1) is 0 Å². The van der Waals surface area contributed by atoms with Crippen molar-refractivity contribution in [3.8, 4) is 0 Å². The first-order valence-corrected chi connectivity index (χ1v) is 4.65. The van der Waals surface area contributed by atoms with Crippen LogP contribution in [0.3, 0.4) is 0 Å². The van der Waals surface area contributed by atoms with Gasteiger partial charge in [0.1, 0.15) is 0 Å². The Bertz CT molecular complexity index is 223. The molecule has 0 aromatic carbocycles. The zero-order valence-electron chi connectivity index (χ0n) is 7.84. The van der Waals surface area contributed by atoms with Gasteiger partial charge in [0, 0.05) is 12.3 Å². The van der Waals surface area contributed by atoms with E-state index in [1.807, 2.05) is 0 Å². The van der Waals surface area contributed by atoms with Crippen molar-refractivity contribution in [2.45, 2.75) is 33.1 Å². The summed E-state index contributed by atoms with van der Waals surface area (Å²) in [6.07, 6.45) is 9.03. The summed E-state index contributed by atoms with van der Waals surface area (Å²) in [6, 6.07) is 0. The van der Waals surface area contributed by atoms with Gasteiger partial charge in [-0.3, -0.25) is 4.79 Å². The molecule has 0 heterocycles. The zero-order chi connectivity index (χ0) is 8.97. The van der Waals surface area contributed by atoms with E-state index in [4.69, 9.17) is 0 Å². The van der Waals surface area contributed by atoms with Crippen molar-refractivity contribution in [1.29, 1.82) is 0 Å². The predicted octanol–water partition coefficient (Wildman–Crippen LogP) is 2.88. The monoisotopic (exact) mass is 164 g/mol. The molecule has 0 fully saturated rings. The molecule has 0 radical (unpaired) electrons. The Morgan fingerprint density at radius 2 is 2.42 bits per heavy atom. The molecule has 0 amide bonds. The number of Topliss-reactive ketones (excluding diaryl/α,β-unsaturated/α-hetero) is 1. The molecule has 0 aromatic heterocycles. The molecule has 0 saturated heterocycles. The molecule has 1 heteroatoms. The van der Waals surface area contributed by atoms with E-state index in [0.717, 1.165) is 24.8 Å². The van der Waals surface area contributed by atoms with Crippen molar-refractivity contribution in [2.24, 2.45) is 5.92 Å². The number of hydrogen-bond donors (Lipinski definition) is 0. The topological polar surface area (TPSA) is 17.1 Å². The molecule has 1 rings (SSSR count). The average molecular weight is 164 g/mol. The quantitative estimate of drug-likeness (QED) is 0.586. The molecule has 66 valence electrons. The van der Waals surface area contributed by atoms with E-state index in [-0.39, 0.29) is 0 Å². The van der Waals surface area contributed by atoms with Gasteiger partial charge in [-0.15, -0.1) is 0 Å². The molecule has 1 aliphatic rings. The Labute approximate surface area is 74.2 Å². The highest BCUT2D eigenvalue weighted by molar-refractivity contribution is 5.98. The lowest BCUT2D eigenvalue weighted by Gasteiger charge is -2.05. The normalized spacial score (nSPS) is 20.2. The number of allylic oxidation sites excluding steroid dienone is 4. The average Bonchev–Trinajstić information content (AvgIpc) is 2.47. The number of hydrogen-bond acceptors (Lipinski definition) is 1. The van der Waals surface area contributed by atoms with Gasteiger partial charge in [-0.05, 0) is 18.4 Å². The number of carbonyl (C=O) groups is 1. The van der Waals surface area contributed by atoms with Crippen LogP contribution in [0.15, 0.2) is 23.8 Å². The molecule has 0 aliphatic heterocycles. The Morgan fingerprint density at radius 3 is 2.92 bits per heavy atom. The van der Waals surface area contributed by atoms with Crippen molar-refractivity contribution < 1.29 is 4.79 Å². The van der Waals surface area contributed by atoms with Crippen LogP contribution < -0.4 is 0 Å². The lowest BCUT2D eigenvalue weighted by molar-refractivity contribution is -0.115. The summed E-state index contributed by atoms with van der Waals surface area (Å²) in [6.45, 7) is 4.19. The van der Waals surface area contributed by atoms with E-state index < -0.39 is 0 Å². The minimum Gasteiger partial charge on any atom is -0.295 e. The lowest BCUT2D eigenvalue weighted by atomic mass is 9.99. The fraction of sp³-hybridized carbons (Fsp3) is 0.545. The Kier molecular flexibility index (Phi) is 3.27. The number of carbonyl (C=O) groups excluding carboxylic acids is 1. The van der Waals surface area contributed by atoms with Gasteiger partial charge in [-0.25, -0.2) is 0 Å². The second-order valence-electron chi connectivity index (χ2n) is 3.25. The van der Waals surface area contributed by atoms with Crippen molar-refractivity contribution in [3.05, 3.63) is 23.8 Å². The smallest absolute Gasteiger partial charge is 0.159 e. The predicted molar refractivity (Wildman–Crippen MR) is 50.9 cm³/mol. The number of ketones is 1. The molecule has 0 saturated carbocycles. The molecule has 0 bridgehead atoms. The first-order chi connectivity index (χ1) is 5.75. The molecule has 12 heavy (non-hydrogen) atoms. The molecule has 0 N–H and O–H groups in total. The van der Waals surface area contributed by atoms with Crippen molar-refractivity contribution in [3.63, 3.8) is 0 Å². The van der Waals surface area contributed by atoms with Crippen LogP contribution in [-0.2, 0) is 4.79 Å². The van der Waals surface area contributed by atoms with E-state index in [1.54, 1.807) is 0 Å². The molecular weight excluding hydrogens is 148 g/mol. The highest BCUT2D eigenvalue weighted by atomic mass is 16.1. The van der Waals surface area contributed by atoms with Gasteiger partial charge >= 0.3 is 0 Å². The standard InChI is InChI=1S/C11H16O/c1-3-4-6-9(2)10-7-5-8-11(10)12/h4,6-7,9H,3,5,8H2,1-2H3/b6-4-/t9-/m0/s1. The minimum atomic E-state index is 0.319. The lowest BCUT2D eigenvalue weighted by Crippen LogP contribution is -2.03. The zero-order valence-corrected chi connectivity index (χ0v) is 7.84. The summed E-state index contributed by atoms with van der Waals surface area (Å²) in [5, 5.41) is 0. The summed E-state index contributed by atoms with van der Waals surface area (Å²) in [5.41, 5.74) is 1.01. The van der Waals surface area contributed by atoms with Crippen LogP contribution in [0.5, 0.6) is 0 Å². The molecule has 0 aromatic rings. The third-order valence-electron chi connectivity index (χ3n) is 2.21. The van der Waals surface area contributed by atoms with Gasteiger partial charge < -0.3 is 0 Å². The Morgan fingerprint density at radius 1 is 1.67 bits per heavy atom. The van der Waals surface area contributed by atoms with Crippen molar-refractivity contribution in [2.75, 3.05) is 0 Å². The molecule has 1 nitrogen and oxygen atoms in total. The summed E-state index contributed by atoms with van der Waals surface area (Å²) < 4.78 is 0. The maximum Gasteiger partial charge on any atom is 0.159 e. The summed E-state index contributed by atoms with van der Waals surface area (Å²) in [4.78, 5) is 11.3. The molecule has 0 unspecified atom stereocenters. The van der Waals surface area contributed by atoms with Crippen LogP contribution in [0.1, 0.15) is 33.1 Å². The van der Waals surface area contributed by atoms with Crippen LogP contribution in [0.4, 0.5) is 0 Å². The SMILES string of the molecule is CC/C=C\[C@H](C)C1=CCCC1=O. The maximum absolute atomic E-state index is 11.3. The third-order valence-corrected chi connectivity index (χ3v) is 2.21. The summed E-state index contributed by atoms with van der Waals surface area (Å²) in [5.74, 6) is 0.656. The maximum atomic E-state index is 11.3. The van der Waals surface area contributed by atoms with E-state index in [1.165, 1.54) is 0 Å². The van der Waals surface area contributed by atoms with E-state index in [2.05, 4.69) is 32.1 Å². The third kappa shape index (κ3) is 2.07. The summed E-state index contributed by atoms with van der Waals surface area (Å²) >= 11 is 0. The van der Waals surface area contributed by atoms with Gasteiger partial charge in [-0.1, -0.05) is 32.1 Å². The van der Waals surface area contributed by atoms with Gasteiger partial charge in [0.2, 0.25) is 0 Å². The largest absolute Gasteiger partial charge is 0.295 e. The molecule has 1 aliphatic carbocycles. The number of rotatable bonds is 3. The van der Waals surface area contributed by atoms with E-state index in [9.17, 15) is 4.79 Å². The first-order valence-electron chi connectivity index (χ1n) is 4.65. The van der Waals surface area contributed by atoms with E-state index >= 15 is 0 Å². The molecule has 0 spiro atoms. The van der Waals surface area contributed by atoms with Crippen LogP contribution in [-0.4, -0.2) is 5.78 Å². The fourth-order valence-corrected chi connectivity index (χ4v) is 1.50. The van der Waals surface area contributed by atoms with Crippen LogP contribution in [0, 0.1) is 5.92 Å². The van der Waals surface area contributed by atoms with Gasteiger partial charge in [0.15, 0.2) is 5.78 Å².